The minimum atomic E-state index is -0.0969. The number of hydrogen-bond acceptors (Lipinski definition) is 1. The SMILES string of the molecule is CC(Cl)c1nc2cc(Br)ccc2n1C(C)(C)C. The fraction of sp³-hybridized carbons (Fsp3) is 0.462. The van der Waals surface area contributed by atoms with Crippen LogP contribution in [0.2, 0.25) is 0 Å². The molecule has 0 bridgehead atoms. The van der Waals surface area contributed by atoms with Crippen molar-refractivity contribution in [1.82, 2.24) is 9.55 Å². The number of aromatic nitrogens is 2. The molecular weight excluding hydrogens is 300 g/mol. The Bertz CT molecular complexity index is 552. The predicted octanol–water partition coefficient (Wildman–Crippen LogP) is 4.85. The minimum absolute atomic E-state index is 0.0267. The number of benzene rings is 1. The molecule has 1 aromatic heterocycles. The first-order valence-corrected chi connectivity index (χ1v) is 6.86. The van der Waals surface area contributed by atoms with Crippen LogP contribution in [0.25, 0.3) is 11.0 Å². The molecule has 0 spiro atoms. The third-order valence-electron chi connectivity index (χ3n) is 2.67. The molecule has 4 heteroatoms. The van der Waals surface area contributed by atoms with Crippen molar-refractivity contribution in [3.63, 3.8) is 0 Å². The first-order valence-electron chi connectivity index (χ1n) is 5.63. The Hall–Kier alpha value is -0.540. The van der Waals surface area contributed by atoms with Crippen molar-refractivity contribution >= 4 is 38.6 Å². The highest BCUT2D eigenvalue weighted by Gasteiger charge is 2.23. The fourth-order valence-electron chi connectivity index (χ4n) is 2.04. The second-order valence-electron chi connectivity index (χ2n) is 5.23. The highest BCUT2D eigenvalue weighted by molar-refractivity contribution is 9.10. The zero-order valence-corrected chi connectivity index (χ0v) is 12.8. The van der Waals surface area contributed by atoms with Gasteiger partial charge in [0.15, 0.2) is 0 Å². The molecule has 0 fully saturated rings. The van der Waals surface area contributed by atoms with Crippen LogP contribution >= 0.6 is 27.5 Å². The van der Waals surface area contributed by atoms with Crippen LogP contribution in [-0.4, -0.2) is 9.55 Å². The Morgan fingerprint density at radius 1 is 1.35 bits per heavy atom. The van der Waals surface area contributed by atoms with Gasteiger partial charge in [-0.15, -0.1) is 11.6 Å². The van der Waals surface area contributed by atoms with Gasteiger partial charge in [0, 0.05) is 10.0 Å². The molecule has 2 aromatic rings. The summed E-state index contributed by atoms with van der Waals surface area (Å²) in [6.07, 6.45) is 0. The molecule has 0 saturated heterocycles. The first-order chi connectivity index (χ1) is 7.80. The van der Waals surface area contributed by atoms with Crippen LogP contribution < -0.4 is 0 Å². The van der Waals surface area contributed by atoms with Crippen molar-refractivity contribution in [2.75, 3.05) is 0 Å². The van der Waals surface area contributed by atoms with E-state index in [0.29, 0.717) is 0 Å². The van der Waals surface area contributed by atoms with E-state index in [0.717, 1.165) is 21.3 Å². The summed E-state index contributed by atoms with van der Waals surface area (Å²) in [7, 11) is 0. The number of rotatable bonds is 1. The van der Waals surface area contributed by atoms with E-state index in [2.05, 4.69) is 52.3 Å². The topological polar surface area (TPSA) is 17.8 Å². The largest absolute Gasteiger partial charge is 0.321 e. The van der Waals surface area contributed by atoms with E-state index in [4.69, 9.17) is 11.6 Å². The lowest BCUT2D eigenvalue weighted by molar-refractivity contribution is 0.394. The number of alkyl halides is 1. The first kappa shape index (κ1) is 12.9. The van der Waals surface area contributed by atoms with Crippen LogP contribution in [0.3, 0.4) is 0 Å². The fourth-order valence-corrected chi connectivity index (χ4v) is 2.54. The van der Waals surface area contributed by atoms with Crippen molar-refractivity contribution in [2.24, 2.45) is 0 Å². The zero-order valence-electron chi connectivity index (χ0n) is 10.5. The molecular formula is C13H16BrClN2. The van der Waals surface area contributed by atoms with E-state index in [9.17, 15) is 0 Å². The quantitative estimate of drug-likeness (QED) is 0.688. The normalized spacial score (nSPS) is 14.2. The van der Waals surface area contributed by atoms with E-state index in [1.54, 1.807) is 0 Å². The van der Waals surface area contributed by atoms with Gasteiger partial charge in [-0.25, -0.2) is 4.98 Å². The van der Waals surface area contributed by atoms with Gasteiger partial charge in [-0.05, 0) is 45.9 Å². The lowest BCUT2D eigenvalue weighted by Crippen LogP contribution is -2.24. The minimum Gasteiger partial charge on any atom is -0.321 e. The molecule has 0 aliphatic carbocycles. The molecule has 1 unspecified atom stereocenters. The van der Waals surface area contributed by atoms with Gasteiger partial charge in [-0.3, -0.25) is 0 Å². The Labute approximate surface area is 115 Å². The molecule has 0 N–H and O–H groups in total. The molecule has 0 radical (unpaired) electrons. The van der Waals surface area contributed by atoms with E-state index in [1.165, 1.54) is 0 Å². The van der Waals surface area contributed by atoms with Crippen LogP contribution in [0.1, 0.15) is 38.9 Å². The maximum absolute atomic E-state index is 6.23. The Morgan fingerprint density at radius 3 is 2.53 bits per heavy atom. The molecule has 0 amide bonds. The zero-order chi connectivity index (χ0) is 12.8. The van der Waals surface area contributed by atoms with Gasteiger partial charge >= 0.3 is 0 Å². The number of fused-ring (bicyclic) bond motifs is 1. The summed E-state index contributed by atoms with van der Waals surface area (Å²) in [5.41, 5.74) is 2.08. The average molecular weight is 316 g/mol. The van der Waals surface area contributed by atoms with Crippen LogP contribution in [0.15, 0.2) is 22.7 Å². The van der Waals surface area contributed by atoms with Gasteiger partial charge in [0.25, 0.3) is 0 Å². The summed E-state index contributed by atoms with van der Waals surface area (Å²) in [6, 6.07) is 6.15. The molecule has 0 saturated carbocycles. The smallest absolute Gasteiger partial charge is 0.128 e. The summed E-state index contributed by atoms with van der Waals surface area (Å²) in [5.74, 6) is 0.923. The number of hydrogen-bond donors (Lipinski definition) is 0. The van der Waals surface area contributed by atoms with Gasteiger partial charge in [-0.1, -0.05) is 15.9 Å². The highest BCUT2D eigenvalue weighted by Crippen LogP contribution is 2.31. The molecule has 92 valence electrons. The van der Waals surface area contributed by atoms with E-state index >= 15 is 0 Å². The lowest BCUT2D eigenvalue weighted by atomic mass is 10.1. The van der Waals surface area contributed by atoms with Crippen molar-refractivity contribution < 1.29 is 0 Å². The predicted molar refractivity (Wildman–Crippen MR) is 76.7 cm³/mol. The Balaban J connectivity index is 2.81. The third kappa shape index (κ3) is 2.36. The van der Waals surface area contributed by atoms with E-state index in [-0.39, 0.29) is 10.9 Å². The number of imidazole rings is 1. The summed E-state index contributed by atoms with van der Waals surface area (Å²) in [5, 5.41) is -0.0969. The van der Waals surface area contributed by atoms with Crippen LogP contribution in [0.5, 0.6) is 0 Å². The van der Waals surface area contributed by atoms with Gasteiger partial charge in [0.05, 0.1) is 16.4 Å². The second kappa shape index (κ2) is 4.29. The van der Waals surface area contributed by atoms with Crippen molar-refractivity contribution in [1.29, 1.82) is 0 Å². The number of halogens is 2. The van der Waals surface area contributed by atoms with Gasteiger partial charge in [-0.2, -0.15) is 0 Å². The van der Waals surface area contributed by atoms with Crippen LogP contribution in [0, 0.1) is 0 Å². The second-order valence-corrected chi connectivity index (χ2v) is 6.80. The van der Waals surface area contributed by atoms with Gasteiger partial charge in [0.2, 0.25) is 0 Å². The molecule has 1 heterocycles. The lowest BCUT2D eigenvalue weighted by Gasteiger charge is -2.25. The van der Waals surface area contributed by atoms with E-state index in [1.807, 2.05) is 19.1 Å². The molecule has 1 aromatic carbocycles. The van der Waals surface area contributed by atoms with Crippen molar-refractivity contribution in [3.05, 3.63) is 28.5 Å². The molecule has 0 aliphatic heterocycles. The summed E-state index contributed by atoms with van der Waals surface area (Å²) in [4.78, 5) is 4.64. The third-order valence-corrected chi connectivity index (χ3v) is 3.36. The van der Waals surface area contributed by atoms with E-state index < -0.39 is 0 Å². The maximum atomic E-state index is 6.23. The average Bonchev–Trinajstić information content (AvgIpc) is 2.55. The van der Waals surface area contributed by atoms with Crippen LogP contribution in [-0.2, 0) is 5.54 Å². The molecule has 0 aliphatic rings. The molecule has 1 atom stereocenters. The Morgan fingerprint density at radius 2 is 2.00 bits per heavy atom. The van der Waals surface area contributed by atoms with Crippen molar-refractivity contribution in [2.45, 2.75) is 38.6 Å². The van der Waals surface area contributed by atoms with Gasteiger partial charge < -0.3 is 4.57 Å². The Kier molecular flexibility index (Phi) is 3.25. The maximum Gasteiger partial charge on any atom is 0.128 e. The standard InChI is InChI=1S/C13H16BrClN2/c1-8(15)12-16-10-7-9(14)5-6-11(10)17(12)13(2,3)4/h5-8H,1-4H3. The molecule has 2 nitrogen and oxygen atoms in total. The summed E-state index contributed by atoms with van der Waals surface area (Å²) >= 11 is 9.70. The van der Waals surface area contributed by atoms with Crippen LogP contribution in [0.4, 0.5) is 0 Å². The highest BCUT2D eigenvalue weighted by atomic mass is 79.9. The monoisotopic (exact) mass is 314 g/mol. The molecule has 2 rings (SSSR count). The van der Waals surface area contributed by atoms with Gasteiger partial charge in [0.1, 0.15) is 5.82 Å². The number of nitrogens with zero attached hydrogens (tertiary/aromatic N) is 2. The van der Waals surface area contributed by atoms with Crippen molar-refractivity contribution in [3.8, 4) is 0 Å². The summed E-state index contributed by atoms with van der Waals surface area (Å²) in [6.45, 7) is 8.46. The molecule has 17 heavy (non-hydrogen) atoms. The summed E-state index contributed by atoms with van der Waals surface area (Å²) < 4.78 is 3.25.